The summed E-state index contributed by atoms with van der Waals surface area (Å²) in [6.07, 6.45) is 1.73. The van der Waals surface area contributed by atoms with Gasteiger partial charge in [0.1, 0.15) is 6.10 Å². The summed E-state index contributed by atoms with van der Waals surface area (Å²) in [6, 6.07) is 7.26. The predicted molar refractivity (Wildman–Crippen MR) is 72.8 cm³/mol. The molecule has 20 heavy (non-hydrogen) atoms. The topological polar surface area (TPSA) is 66.8 Å². The first-order chi connectivity index (χ1) is 9.68. The van der Waals surface area contributed by atoms with Gasteiger partial charge < -0.3 is 14.7 Å². The molecule has 0 aliphatic carbocycles. The average Bonchev–Trinajstić information content (AvgIpc) is 2.99. The molecule has 1 aromatic carbocycles. The number of aliphatic carboxylic acids is 1. The minimum Gasteiger partial charge on any atom is -0.481 e. The van der Waals surface area contributed by atoms with Gasteiger partial charge in [0.2, 0.25) is 0 Å². The number of amides is 1. The van der Waals surface area contributed by atoms with Crippen molar-refractivity contribution >= 4 is 17.6 Å². The molecule has 1 unspecified atom stereocenters. The van der Waals surface area contributed by atoms with Crippen LogP contribution in [0.4, 0.5) is 5.69 Å². The fourth-order valence-electron chi connectivity index (χ4n) is 2.99. The summed E-state index contributed by atoms with van der Waals surface area (Å²) < 4.78 is 5.45. The van der Waals surface area contributed by atoms with Crippen molar-refractivity contribution in [1.82, 2.24) is 0 Å². The lowest BCUT2D eigenvalue weighted by Crippen LogP contribution is -2.43. The van der Waals surface area contributed by atoms with Crippen molar-refractivity contribution in [2.24, 2.45) is 0 Å². The summed E-state index contributed by atoms with van der Waals surface area (Å²) in [6.45, 7) is 1.07. The Kier molecular flexibility index (Phi) is 3.44. The first-order valence-corrected chi connectivity index (χ1v) is 6.93. The molecule has 3 rings (SSSR count). The van der Waals surface area contributed by atoms with Gasteiger partial charge in [0.15, 0.2) is 0 Å². The highest BCUT2D eigenvalue weighted by atomic mass is 16.5. The maximum atomic E-state index is 12.5. The second-order valence-corrected chi connectivity index (χ2v) is 5.23. The van der Waals surface area contributed by atoms with E-state index in [2.05, 4.69) is 0 Å². The van der Waals surface area contributed by atoms with Gasteiger partial charge in [-0.2, -0.15) is 0 Å². The molecule has 0 spiro atoms. The van der Waals surface area contributed by atoms with E-state index in [1.165, 1.54) is 0 Å². The van der Waals surface area contributed by atoms with Crippen molar-refractivity contribution in [2.75, 3.05) is 18.1 Å². The first kappa shape index (κ1) is 13.1. The molecule has 1 amide bonds. The van der Waals surface area contributed by atoms with E-state index < -0.39 is 11.9 Å². The molecule has 2 aliphatic heterocycles. The van der Waals surface area contributed by atoms with Crippen LogP contribution in [0.2, 0.25) is 0 Å². The van der Waals surface area contributed by atoms with Gasteiger partial charge in [-0.3, -0.25) is 9.59 Å². The fourth-order valence-corrected chi connectivity index (χ4v) is 2.99. The molecule has 5 nitrogen and oxygen atoms in total. The summed E-state index contributed by atoms with van der Waals surface area (Å²) in [5.74, 6) is -1.40. The molecule has 2 atom stereocenters. The van der Waals surface area contributed by atoms with E-state index in [4.69, 9.17) is 4.74 Å². The van der Waals surface area contributed by atoms with Crippen molar-refractivity contribution in [3.05, 3.63) is 29.8 Å². The number of benzene rings is 1. The number of carbonyl (C=O) groups is 2. The molecule has 1 fully saturated rings. The maximum Gasteiger partial charge on any atom is 0.311 e. The second-order valence-electron chi connectivity index (χ2n) is 5.23. The molecule has 0 bridgehead atoms. The Hall–Kier alpha value is -1.88. The normalized spacial score (nSPS) is 25.3. The Morgan fingerprint density at radius 3 is 2.75 bits per heavy atom. The Morgan fingerprint density at radius 1 is 1.25 bits per heavy atom. The van der Waals surface area contributed by atoms with E-state index >= 15 is 0 Å². The third-order valence-electron chi connectivity index (χ3n) is 4.01. The highest BCUT2D eigenvalue weighted by Crippen LogP contribution is 2.36. The molecule has 1 N–H and O–H groups in total. The first-order valence-electron chi connectivity index (χ1n) is 6.93. The van der Waals surface area contributed by atoms with Gasteiger partial charge in [0.05, 0.1) is 5.92 Å². The molecule has 5 heteroatoms. The van der Waals surface area contributed by atoms with E-state index in [0.717, 1.165) is 18.4 Å². The zero-order valence-corrected chi connectivity index (χ0v) is 11.1. The Bertz CT molecular complexity index is 536. The fraction of sp³-hybridized carbons (Fsp3) is 0.467. The number of carboxylic acid groups (broad SMARTS) is 1. The number of carbonyl (C=O) groups excluding carboxylic acids is 1. The summed E-state index contributed by atoms with van der Waals surface area (Å²) in [5, 5.41) is 9.29. The number of nitrogens with zero attached hydrogens (tertiary/aromatic N) is 1. The number of para-hydroxylation sites is 1. The van der Waals surface area contributed by atoms with Gasteiger partial charge in [-0.1, -0.05) is 18.2 Å². The molecule has 0 aromatic heterocycles. The van der Waals surface area contributed by atoms with Crippen LogP contribution in [0.15, 0.2) is 24.3 Å². The highest BCUT2D eigenvalue weighted by molar-refractivity contribution is 5.99. The molecule has 106 valence electrons. The smallest absolute Gasteiger partial charge is 0.311 e. The van der Waals surface area contributed by atoms with E-state index in [1.54, 1.807) is 11.0 Å². The van der Waals surface area contributed by atoms with Gasteiger partial charge in [-0.25, -0.2) is 0 Å². The molecule has 0 saturated carbocycles. The lowest BCUT2D eigenvalue weighted by molar-refractivity contribution is -0.139. The SMILES string of the molecule is O=C(O)C1CCN(C(=O)[C@@H]2CCCO2)c2ccccc21. The molecule has 2 heterocycles. The summed E-state index contributed by atoms with van der Waals surface area (Å²) in [5.41, 5.74) is 1.43. The summed E-state index contributed by atoms with van der Waals surface area (Å²) in [4.78, 5) is 25.5. The summed E-state index contributed by atoms with van der Waals surface area (Å²) >= 11 is 0. The standard InChI is InChI=1S/C15H17NO4/c17-14(13-6-3-9-20-13)16-8-7-11(15(18)19)10-4-1-2-5-12(10)16/h1-2,4-5,11,13H,3,6-9H2,(H,18,19)/t11?,13-/m0/s1. The molecular weight excluding hydrogens is 258 g/mol. The lowest BCUT2D eigenvalue weighted by atomic mass is 9.89. The van der Waals surface area contributed by atoms with Crippen LogP contribution in [0.1, 0.15) is 30.7 Å². The number of ether oxygens (including phenoxy) is 1. The number of anilines is 1. The number of carboxylic acids is 1. The summed E-state index contributed by atoms with van der Waals surface area (Å²) in [7, 11) is 0. The number of hydrogen-bond acceptors (Lipinski definition) is 3. The molecule has 0 radical (unpaired) electrons. The quantitative estimate of drug-likeness (QED) is 0.893. The van der Waals surface area contributed by atoms with Crippen molar-refractivity contribution in [1.29, 1.82) is 0 Å². The minimum absolute atomic E-state index is 0.0428. The van der Waals surface area contributed by atoms with Crippen LogP contribution in [0, 0.1) is 0 Å². The van der Waals surface area contributed by atoms with Gasteiger partial charge in [-0.15, -0.1) is 0 Å². The van der Waals surface area contributed by atoms with Crippen LogP contribution in [0.25, 0.3) is 0 Å². The van der Waals surface area contributed by atoms with Crippen molar-refractivity contribution < 1.29 is 19.4 Å². The zero-order chi connectivity index (χ0) is 14.1. The van der Waals surface area contributed by atoms with Gasteiger partial charge in [0.25, 0.3) is 5.91 Å². The van der Waals surface area contributed by atoms with Crippen molar-refractivity contribution in [2.45, 2.75) is 31.3 Å². The predicted octanol–water partition coefficient (Wildman–Crippen LogP) is 1.77. The second kappa shape index (κ2) is 5.25. The Balaban J connectivity index is 1.92. The van der Waals surface area contributed by atoms with Crippen LogP contribution < -0.4 is 4.90 Å². The molecule has 1 saturated heterocycles. The molecule has 1 aromatic rings. The maximum absolute atomic E-state index is 12.5. The van der Waals surface area contributed by atoms with E-state index in [9.17, 15) is 14.7 Å². The minimum atomic E-state index is -0.832. The number of hydrogen-bond donors (Lipinski definition) is 1. The van der Waals surface area contributed by atoms with E-state index in [0.29, 0.717) is 25.3 Å². The van der Waals surface area contributed by atoms with Crippen molar-refractivity contribution in [3.8, 4) is 0 Å². The zero-order valence-electron chi connectivity index (χ0n) is 11.1. The van der Waals surface area contributed by atoms with Crippen LogP contribution in [0.5, 0.6) is 0 Å². The van der Waals surface area contributed by atoms with E-state index in [1.807, 2.05) is 18.2 Å². The van der Waals surface area contributed by atoms with Crippen LogP contribution in [0.3, 0.4) is 0 Å². The van der Waals surface area contributed by atoms with Crippen molar-refractivity contribution in [3.63, 3.8) is 0 Å². The van der Waals surface area contributed by atoms with Gasteiger partial charge >= 0.3 is 5.97 Å². The monoisotopic (exact) mass is 275 g/mol. The van der Waals surface area contributed by atoms with Gasteiger partial charge in [0, 0.05) is 18.8 Å². The molecular formula is C15H17NO4. The largest absolute Gasteiger partial charge is 0.481 e. The number of rotatable bonds is 2. The van der Waals surface area contributed by atoms with Gasteiger partial charge in [-0.05, 0) is 30.9 Å². The third-order valence-corrected chi connectivity index (χ3v) is 4.01. The van der Waals surface area contributed by atoms with E-state index in [-0.39, 0.29) is 12.0 Å². The lowest BCUT2D eigenvalue weighted by Gasteiger charge is -2.33. The average molecular weight is 275 g/mol. The van der Waals surface area contributed by atoms with Crippen LogP contribution >= 0.6 is 0 Å². The Morgan fingerprint density at radius 2 is 2.05 bits per heavy atom. The highest BCUT2D eigenvalue weighted by Gasteiger charge is 2.36. The molecule has 2 aliphatic rings. The Labute approximate surface area is 117 Å². The van der Waals surface area contributed by atoms with Crippen LogP contribution in [-0.2, 0) is 14.3 Å². The van der Waals surface area contributed by atoms with Crippen LogP contribution in [-0.4, -0.2) is 36.2 Å². The number of fused-ring (bicyclic) bond motifs is 1. The third kappa shape index (κ3) is 2.18.